The molecule has 2 aromatic heterocycles. The van der Waals surface area contributed by atoms with Crippen molar-refractivity contribution in [1.29, 1.82) is 0 Å². The third-order valence-corrected chi connectivity index (χ3v) is 3.25. The summed E-state index contributed by atoms with van der Waals surface area (Å²) < 4.78 is 1.77. The number of carbonyl (C=O) groups excluding carboxylic acids is 1. The van der Waals surface area contributed by atoms with E-state index in [2.05, 4.69) is 15.4 Å². The van der Waals surface area contributed by atoms with Gasteiger partial charge in [-0.05, 0) is 26.0 Å². The van der Waals surface area contributed by atoms with Gasteiger partial charge in [-0.25, -0.2) is 4.98 Å². The van der Waals surface area contributed by atoms with Crippen LogP contribution >= 0.6 is 11.6 Å². The van der Waals surface area contributed by atoms with Crippen LogP contribution in [0.3, 0.4) is 0 Å². The molecule has 0 aliphatic carbocycles. The zero-order chi connectivity index (χ0) is 14.0. The summed E-state index contributed by atoms with van der Waals surface area (Å²) in [5.74, 6) is -0.252. The Bertz CT molecular complexity index is 608. The number of nitrogens with one attached hydrogen (secondary N) is 1. The van der Waals surface area contributed by atoms with Crippen molar-refractivity contribution in [2.75, 3.05) is 0 Å². The van der Waals surface area contributed by atoms with Crippen molar-refractivity contribution >= 4 is 17.5 Å². The molecule has 1 unspecified atom stereocenters. The standard InChI is InChI=1S/C13H15ClN4O/c1-8(10-7-15-18(3)9(10)2)16-13(19)11-5-4-6-12(14)17-11/h4-8H,1-3H3,(H,16,19). The van der Waals surface area contributed by atoms with E-state index < -0.39 is 0 Å². The van der Waals surface area contributed by atoms with Gasteiger partial charge in [0.2, 0.25) is 0 Å². The molecule has 0 fully saturated rings. The van der Waals surface area contributed by atoms with Crippen molar-refractivity contribution in [2.45, 2.75) is 19.9 Å². The largest absolute Gasteiger partial charge is 0.344 e. The Labute approximate surface area is 116 Å². The summed E-state index contributed by atoms with van der Waals surface area (Å²) in [6.45, 7) is 3.87. The van der Waals surface area contributed by atoms with Gasteiger partial charge in [0.1, 0.15) is 10.8 Å². The van der Waals surface area contributed by atoms with Crippen molar-refractivity contribution in [2.24, 2.45) is 7.05 Å². The van der Waals surface area contributed by atoms with Crippen molar-refractivity contribution in [3.63, 3.8) is 0 Å². The van der Waals surface area contributed by atoms with Crippen molar-refractivity contribution in [1.82, 2.24) is 20.1 Å². The molecule has 0 aliphatic heterocycles. The normalized spacial score (nSPS) is 12.2. The molecule has 6 heteroatoms. The zero-order valence-corrected chi connectivity index (χ0v) is 11.8. The Morgan fingerprint density at radius 1 is 1.47 bits per heavy atom. The maximum Gasteiger partial charge on any atom is 0.270 e. The molecule has 0 aromatic carbocycles. The first-order valence-corrected chi connectivity index (χ1v) is 6.28. The SMILES string of the molecule is Cc1c(C(C)NC(=O)c2cccc(Cl)n2)cnn1C. The molecule has 2 heterocycles. The Morgan fingerprint density at radius 3 is 2.79 bits per heavy atom. The second kappa shape index (κ2) is 5.40. The Balaban J connectivity index is 2.13. The minimum absolute atomic E-state index is 0.137. The van der Waals surface area contributed by atoms with E-state index in [0.717, 1.165) is 11.3 Å². The van der Waals surface area contributed by atoms with E-state index in [1.54, 1.807) is 29.1 Å². The van der Waals surface area contributed by atoms with Gasteiger partial charge in [-0.15, -0.1) is 0 Å². The maximum atomic E-state index is 12.0. The van der Waals surface area contributed by atoms with E-state index in [-0.39, 0.29) is 11.9 Å². The van der Waals surface area contributed by atoms with Crippen LogP contribution in [-0.2, 0) is 7.05 Å². The molecule has 1 N–H and O–H groups in total. The molecule has 0 radical (unpaired) electrons. The first-order valence-electron chi connectivity index (χ1n) is 5.91. The Morgan fingerprint density at radius 2 is 2.21 bits per heavy atom. The van der Waals surface area contributed by atoms with Crippen LogP contribution in [-0.4, -0.2) is 20.7 Å². The van der Waals surface area contributed by atoms with E-state index >= 15 is 0 Å². The van der Waals surface area contributed by atoms with E-state index in [4.69, 9.17) is 11.6 Å². The van der Waals surface area contributed by atoms with Gasteiger partial charge < -0.3 is 5.32 Å². The summed E-state index contributed by atoms with van der Waals surface area (Å²) in [5.41, 5.74) is 2.31. The van der Waals surface area contributed by atoms with Crippen LogP contribution in [0.2, 0.25) is 5.15 Å². The summed E-state index contributed by atoms with van der Waals surface area (Å²) in [6, 6.07) is 4.82. The predicted molar refractivity (Wildman–Crippen MR) is 73.1 cm³/mol. The molecule has 2 aromatic rings. The molecule has 2 rings (SSSR count). The van der Waals surface area contributed by atoms with Crippen LogP contribution in [0.5, 0.6) is 0 Å². The molecule has 1 amide bonds. The van der Waals surface area contributed by atoms with Crippen LogP contribution in [0.15, 0.2) is 24.4 Å². The van der Waals surface area contributed by atoms with E-state index in [1.807, 2.05) is 20.9 Å². The third kappa shape index (κ3) is 2.93. The van der Waals surface area contributed by atoms with Crippen molar-refractivity contribution in [3.8, 4) is 0 Å². The second-order valence-corrected chi connectivity index (χ2v) is 4.74. The zero-order valence-electron chi connectivity index (χ0n) is 11.0. The van der Waals surface area contributed by atoms with Gasteiger partial charge >= 0.3 is 0 Å². The number of amides is 1. The monoisotopic (exact) mass is 278 g/mol. The molecule has 0 aliphatic rings. The lowest BCUT2D eigenvalue weighted by Gasteiger charge is -2.13. The van der Waals surface area contributed by atoms with Crippen LogP contribution in [0.25, 0.3) is 0 Å². The number of hydrogen-bond donors (Lipinski definition) is 1. The smallest absolute Gasteiger partial charge is 0.270 e. The fourth-order valence-corrected chi connectivity index (χ4v) is 1.99. The minimum Gasteiger partial charge on any atom is -0.344 e. The highest BCUT2D eigenvalue weighted by atomic mass is 35.5. The Kier molecular flexibility index (Phi) is 3.85. The fourth-order valence-electron chi connectivity index (χ4n) is 1.82. The number of hydrogen-bond acceptors (Lipinski definition) is 3. The summed E-state index contributed by atoms with van der Waals surface area (Å²) in [6.07, 6.45) is 1.76. The van der Waals surface area contributed by atoms with E-state index in [0.29, 0.717) is 10.8 Å². The van der Waals surface area contributed by atoms with Gasteiger partial charge in [-0.3, -0.25) is 9.48 Å². The fraction of sp³-hybridized carbons (Fsp3) is 0.308. The molecule has 0 saturated heterocycles. The summed E-state index contributed by atoms with van der Waals surface area (Å²) in [7, 11) is 1.87. The van der Waals surface area contributed by atoms with Crippen molar-refractivity contribution in [3.05, 3.63) is 46.5 Å². The van der Waals surface area contributed by atoms with Crippen LogP contribution < -0.4 is 5.32 Å². The average molecular weight is 279 g/mol. The molecular weight excluding hydrogens is 264 g/mol. The van der Waals surface area contributed by atoms with Gasteiger partial charge in [0.25, 0.3) is 5.91 Å². The van der Waals surface area contributed by atoms with Crippen LogP contribution in [0.4, 0.5) is 0 Å². The number of pyridine rings is 1. The van der Waals surface area contributed by atoms with Gasteiger partial charge in [0.05, 0.1) is 12.2 Å². The van der Waals surface area contributed by atoms with E-state index in [1.165, 1.54) is 0 Å². The number of aryl methyl sites for hydroxylation is 1. The minimum atomic E-state index is -0.252. The van der Waals surface area contributed by atoms with E-state index in [9.17, 15) is 4.79 Å². The van der Waals surface area contributed by atoms with Gasteiger partial charge in [0.15, 0.2) is 0 Å². The van der Waals surface area contributed by atoms with Gasteiger partial charge in [-0.2, -0.15) is 5.10 Å². The molecule has 1 atom stereocenters. The first-order chi connectivity index (χ1) is 8.99. The average Bonchev–Trinajstić information content (AvgIpc) is 2.70. The predicted octanol–water partition coefficient (Wildman–Crippen LogP) is 2.27. The lowest BCUT2D eigenvalue weighted by molar-refractivity contribution is 0.0935. The molecule has 100 valence electrons. The van der Waals surface area contributed by atoms with Gasteiger partial charge in [0, 0.05) is 18.3 Å². The summed E-state index contributed by atoms with van der Waals surface area (Å²) in [5, 5.41) is 7.34. The number of aromatic nitrogens is 3. The number of halogens is 1. The molecule has 5 nitrogen and oxygen atoms in total. The summed E-state index contributed by atoms with van der Waals surface area (Å²) in [4.78, 5) is 16.0. The Hall–Kier alpha value is -1.88. The van der Waals surface area contributed by atoms with Gasteiger partial charge in [-0.1, -0.05) is 17.7 Å². The number of rotatable bonds is 3. The highest BCUT2D eigenvalue weighted by molar-refractivity contribution is 6.29. The van der Waals surface area contributed by atoms with Crippen LogP contribution in [0.1, 0.15) is 34.7 Å². The summed E-state index contributed by atoms with van der Waals surface area (Å²) >= 11 is 5.77. The number of nitrogens with zero attached hydrogens (tertiary/aromatic N) is 3. The lowest BCUT2D eigenvalue weighted by atomic mass is 10.1. The molecule has 0 spiro atoms. The topological polar surface area (TPSA) is 59.8 Å². The molecular formula is C13H15ClN4O. The molecule has 0 saturated carbocycles. The highest BCUT2D eigenvalue weighted by Gasteiger charge is 2.16. The van der Waals surface area contributed by atoms with Crippen LogP contribution in [0, 0.1) is 6.92 Å². The lowest BCUT2D eigenvalue weighted by Crippen LogP contribution is -2.27. The first kappa shape index (κ1) is 13.5. The highest BCUT2D eigenvalue weighted by Crippen LogP contribution is 2.16. The quantitative estimate of drug-likeness (QED) is 0.876. The molecule has 0 bridgehead atoms. The number of carbonyl (C=O) groups is 1. The maximum absolute atomic E-state index is 12.0. The molecule has 19 heavy (non-hydrogen) atoms. The second-order valence-electron chi connectivity index (χ2n) is 4.35. The van der Waals surface area contributed by atoms with Crippen molar-refractivity contribution < 1.29 is 4.79 Å². The third-order valence-electron chi connectivity index (χ3n) is 3.04.